The number of hydrogen-bond donors (Lipinski definition) is 0. The van der Waals surface area contributed by atoms with Gasteiger partial charge in [0.05, 0.1) is 11.8 Å². The van der Waals surface area contributed by atoms with Crippen LogP contribution in [-0.4, -0.2) is 23.2 Å². The molecule has 1 heterocycles. The number of hydrazone groups is 1. The molecule has 1 aliphatic heterocycles. The van der Waals surface area contributed by atoms with E-state index in [9.17, 15) is 4.79 Å². The lowest BCUT2D eigenvalue weighted by atomic mass is 9.77. The van der Waals surface area contributed by atoms with Crippen molar-refractivity contribution in [3.05, 3.63) is 120 Å². The summed E-state index contributed by atoms with van der Waals surface area (Å²) in [4.78, 5) is 13.5. The van der Waals surface area contributed by atoms with E-state index in [4.69, 9.17) is 9.84 Å². The Labute approximate surface area is 211 Å². The first kappa shape index (κ1) is 22.3. The molecule has 4 heteroatoms. The normalized spacial score (nSPS) is 20.3. The number of allylic oxidation sites excluding steroid dienone is 1. The van der Waals surface area contributed by atoms with Gasteiger partial charge in [-0.15, -0.1) is 0 Å². The van der Waals surface area contributed by atoms with Gasteiger partial charge in [-0.25, -0.2) is 5.01 Å². The van der Waals surface area contributed by atoms with Crippen LogP contribution in [0.3, 0.4) is 0 Å². The maximum Gasteiger partial charge on any atom is 0.281 e. The highest BCUT2D eigenvalue weighted by atomic mass is 16.5. The third-order valence-electron chi connectivity index (χ3n) is 7.12. The van der Waals surface area contributed by atoms with Crippen LogP contribution >= 0.6 is 0 Å². The Morgan fingerprint density at radius 1 is 0.889 bits per heavy atom. The molecule has 1 amide bonds. The molecule has 0 radical (unpaired) electrons. The number of amides is 1. The first-order valence-corrected chi connectivity index (χ1v) is 12.6. The van der Waals surface area contributed by atoms with Crippen LogP contribution in [0, 0.1) is 5.92 Å². The minimum Gasteiger partial charge on any atom is -0.484 e. The Kier molecular flexibility index (Phi) is 6.08. The highest BCUT2D eigenvalue weighted by molar-refractivity contribution is 6.08. The van der Waals surface area contributed by atoms with Gasteiger partial charge in [0.25, 0.3) is 5.91 Å². The zero-order chi connectivity index (χ0) is 24.3. The van der Waals surface area contributed by atoms with Gasteiger partial charge in [-0.3, -0.25) is 4.79 Å². The molecule has 36 heavy (non-hydrogen) atoms. The van der Waals surface area contributed by atoms with Crippen LogP contribution in [0.4, 0.5) is 0 Å². The van der Waals surface area contributed by atoms with E-state index in [-0.39, 0.29) is 24.5 Å². The highest BCUT2D eigenvalue weighted by Crippen LogP contribution is 2.44. The lowest BCUT2D eigenvalue weighted by molar-refractivity contribution is -0.135. The third kappa shape index (κ3) is 4.42. The summed E-state index contributed by atoms with van der Waals surface area (Å²) in [6.45, 7) is -0.0527. The summed E-state index contributed by atoms with van der Waals surface area (Å²) in [5.74, 6) is 0.742. The van der Waals surface area contributed by atoms with Crippen molar-refractivity contribution in [3.8, 4) is 5.75 Å². The van der Waals surface area contributed by atoms with E-state index >= 15 is 0 Å². The van der Waals surface area contributed by atoms with Gasteiger partial charge in [-0.1, -0.05) is 91.0 Å². The molecule has 0 N–H and O–H groups in total. The van der Waals surface area contributed by atoms with Crippen LogP contribution in [0.2, 0.25) is 0 Å². The zero-order valence-corrected chi connectivity index (χ0v) is 20.1. The van der Waals surface area contributed by atoms with E-state index in [1.54, 1.807) is 5.01 Å². The number of ether oxygens (including phenoxy) is 1. The van der Waals surface area contributed by atoms with Crippen LogP contribution in [-0.2, 0) is 4.79 Å². The van der Waals surface area contributed by atoms with Crippen molar-refractivity contribution in [3.63, 3.8) is 0 Å². The molecular formula is C32H28N2O2. The Balaban J connectivity index is 1.29. The van der Waals surface area contributed by atoms with Crippen LogP contribution in [0.1, 0.15) is 36.4 Å². The maximum atomic E-state index is 13.5. The molecule has 4 aromatic rings. The predicted octanol–water partition coefficient (Wildman–Crippen LogP) is 7.04. The third-order valence-corrected chi connectivity index (χ3v) is 7.12. The van der Waals surface area contributed by atoms with Gasteiger partial charge in [0.15, 0.2) is 6.61 Å². The van der Waals surface area contributed by atoms with Crippen molar-refractivity contribution in [2.75, 3.05) is 6.61 Å². The fourth-order valence-electron chi connectivity index (χ4n) is 5.41. The Morgan fingerprint density at radius 3 is 2.42 bits per heavy atom. The highest BCUT2D eigenvalue weighted by Gasteiger charge is 2.43. The maximum absolute atomic E-state index is 13.5. The summed E-state index contributed by atoms with van der Waals surface area (Å²) in [6, 6.07) is 34.6. The second kappa shape index (κ2) is 9.82. The van der Waals surface area contributed by atoms with Crippen molar-refractivity contribution < 1.29 is 9.53 Å². The minimum atomic E-state index is -0.127. The molecule has 0 saturated heterocycles. The molecular weight excluding hydrogens is 444 g/mol. The van der Waals surface area contributed by atoms with Crippen LogP contribution < -0.4 is 4.74 Å². The number of carbonyl (C=O) groups is 1. The van der Waals surface area contributed by atoms with Gasteiger partial charge in [0.2, 0.25) is 0 Å². The fraction of sp³-hybridized carbons (Fsp3) is 0.188. The summed E-state index contributed by atoms with van der Waals surface area (Å²) in [6.07, 6.45) is 5.30. The van der Waals surface area contributed by atoms with Gasteiger partial charge in [0.1, 0.15) is 5.75 Å². The SMILES string of the molecule is O=C(COc1ccc2ccccc2c1)N1N=C2/C(=C\c3ccccc3)CCC[C@@H]2[C@@H]1c1ccccc1. The van der Waals surface area contributed by atoms with E-state index in [0.717, 1.165) is 46.9 Å². The van der Waals surface area contributed by atoms with Gasteiger partial charge in [0, 0.05) is 5.92 Å². The van der Waals surface area contributed by atoms with E-state index in [1.165, 1.54) is 5.57 Å². The van der Waals surface area contributed by atoms with Crippen LogP contribution in [0.5, 0.6) is 5.75 Å². The molecule has 1 fully saturated rings. The molecule has 4 aromatic carbocycles. The molecule has 1 saturated carbocycles. The molecule has 4 nitrogen and oxygen atoms in total. The zero-order valence-electron chi connectivity index (χ0n) is 20.1. The fourth-order valence-corrected chi connectivity index (χ4v) is 5.41. The first-order valence-electron chi connectivity index (χ1n) is 12.6. The van der Waals surface area contributed by atoms with Gasteiger partial charge in [-0.05, 0) is 64.9 Å². The van der Waals surface area contributed by atoms with E-state index in [0.29, 0.717) is 5.75 Å². The lowest BCUT2D eigenvalue weighted by Gasteiger charge is -2.29. The quantitative estimate of drug-likeness (QED) is 0.313. The lowest BCUT2D eigenvalue weighted by Crippen LogP contribution is -2.34. The van der Waals surface area contributed by atoms with E-state index in [2.05, 4.69) is 48.5 Å². The molecule has 0 unspecified atom stereocenters. The Bertz CT molecular complexity index is 1440. The molecule has 0 bridgehead atoms. The standard InChI is InChI=1S/C32H28N2O2/c35-30(22-36-28-19-18-24-12-7-8-15-26(24)21-28)34-32(25-13-5-2-6-14-25)29-17-9-16-27(31(29)33-34)20-23-10-3-1-4-11-23/h1-8,10-15,18-21,29,32H,9,16-17,22H2/b27-20-/t29-,32-/m0/s1. The molecule has 0 aromatic heterocycles. The van der Waals surface area contributed by atoms with Crippen molar-refractivity contribution in [2.45, 2.75) is 25.3 Å². The topological polar surface area (TPSA) is 41.9 Å². The smallest absolute Gasteiger partial charge is 0.281 e. The molecule has 2 aliphatic rings. The number of benzene rings is 4. The Morgan fingerprint density at radius 2 is 1.61 bits per heavy atom. The molecule has 0 spiro atoms. The predicted molar refractivity (Wildman–Crippen MR) is 145 cm³/mol. The first-order chi connectivity index (χ1) is 17.8. The summed E-state index contributed by atoms with van der Waals surface area (Å²) < 4.78 is 5.97. The van der Waals surface area contributed by atoms with Gasteiger partial charge >= 0.3 is 0 Å². The van der Waals surface area contributed by atoms with Crippen molar-refractivity contribution >= 4 is 28.5 Å². The second-order valence-electron chi connectivity index (χ2n) is 9.46. The van der Waals surface area contributed by atoms with E-state index in [1.807, 2.05) is 60.7 Å². The van der Waals surface area contributed by atoms with Gasteiger partial charge in [-0.2, -0.15) is 5.10 Å². The van der Waals surface area contributed by atoms with Crippen molar-refractivity contribution in [1.29, 1.82) is 0 Å². The Hall–Kier alpha value is -4.18. The summed E-state index contributed by atoms with van der Waals surface area (Å²) >= 11 is 0. The molecule has 1 aliphatic carbocycles. The molecule has 178 valence electrons. The number of fused-ring (bicyclic) bond motifs is 2. The summed E-state index contributed by atoms with van der Waals surface area (Å²) in [7, 11) is 0. The monoisotopic (exact) mass is 472 g/mol. The molecule has 6 rings (SSSR count). The average Bonchev–Trinajstić information content (AvgIpc) is 3.33. The number of rotatable bonds is 5. The van der Waals surface area contributed by atoms with Crippen LogP contribution in [0.15, 0.2) is 114 Å². The van der Waals surface area contributed by atoms with E-state index < -0.39 is 0 Å². The number of nitrogens with zero attached hydrogens (tertiary/aromatic N) is 2. The van der Waals surface area contributed by atoms with Gasteiger partial charge < -0.3 is 4.74 Å². The largest absolute Gasteiger partial charge is 0.484 e. The van der Waals surface area contributed by atoms with Crippen molar-refractivity contribution in [1.82, 2.24) is 5.01 Å². The number of carbonyl (C=O) groups excluding carboxylic acids is 1. The minimum absolute atomic E-state index is 0.0527. The van der Waals surface area contributed by atoms with Crippen molar-refractivity contribution in [2.24, 2.45) is 11.0 Å². The molecule has 2 atom stereocenters. The summed E-state index contributed by atoms with van der Waals surface area (Å²) in [5, 5.41) is 8.88. The van der Waals surface area contributed by atoms with Crippen LogP contribution in [0.25, 0.3) is 16.8 Å². The average molecular weight is 473 g/mol. The number of hydrogen-bond acceptors (Lipinski definition) is 3. The summed E-state index contributed by atoms with van der Waals surface area (Å²) in [5.41, 5.74) is 4.54. The second-order valence-corrected chi connectivity index (χ2v) is 9.46.